The molecule has 0 atom stereocenters. The Labute approximate surface area is 127 Å². The SMILES string of the molecule is Fc1cc(Br)ccc1Nc1cnccc1P1CCCC1. The molecule has 104 valence electrons. The van der Waals surface area contributed by atoms with E-state index in [0.29, 0.717) is 5.69 Å². The van der Waals surface area contributed by atoms with Gasteiger partial charge in [0.15, 0.2) is 0 Å². The predicted molar refractivity (Wildman–Crippen MR) is 87.1 cm³/mol. The van der Waals surface area contributed by atoms with Crippen LogP contribution in [-0.4, -0.2) is 17.3 Å². The van der Waals surface area contributed by atoms with Crippen LogP contribution in [0.1, 0.15) is 12.8 Å². The molecule has 1 aliphatic rings. The Morgan fingerprint density at radius 2 is 1.95 bits per heavy atom. The lowest BCUT2D eigenvalue weighted by molar-refractivity contribution is 0.631. The monoisotopic (exact) mass is 352 g/mol. The first-order valence-corrected chi connectivity index (χ1v) is 9.15. The topological polar surface area (TPSA) is 24.9 Å². The number of benzene rings is 1. The van der Waals surface area contributed by atoms with Crippen LogP contribution in [0.5, 0.6) is 0 Å². The molecule has 0 radical (unpaired) electrons. The van der Waals surface area contributed by atoms with Gasteiger partial charge < -0.3 is 5.32 Å². The van der Waals surface area contributed by atoms with Crippen molar-refractivity contribution >= 4 is 40.5 Å². The van der Waals surface area contributed by atoms with Gasteiger partial charge in [-0.1, -0.05) is 23.9 Å². The third kappa shape index (κ3) is 3.02. The standard InChI is InChI=1S/C15H15BrFN2P/c16-11-3-4-13(12(17)9-11)19-14-10-18-6-5-15(14)20-7-1-2-8-20/h3-6,9-10,19H,1-2,7-8H2. The van der Waals surface area contributed by atoms with Crippen LogP contribution in [-0.2, 0) is 0 Å². The van der Waals surface area contributed by atoms with E-state index in [9.17, 15) is 4.39 Å². The number of anilines is 2. The predicted octanol–water partition coefficient (Wildman–Crippen LogP) is 4.63. The van der Waals surface area contributed by atoms with Crippen molar-refractivity contribution in [3.05, 3.63) is 46.9 Å². The largest absolute Gasteiger partial charge is 0.351 e. The highest BCUT2D eigenvalue weighted by molar-refractivity contribution is 9.10. The molecule has 1 N–H and O–H groups in total. The van der Waals surface area contributed by atoms with Crippen LogP contribution in [0, 0.1) is 5.82 Å². The molecule has 1 fully saturated rings. The Morgan fingerprint density at radius 1 is 1.15 bits per heavy atom. The number of hydrogen-bond acceptors (Lipinski definition) is 2. The van der Waals surface area contributed by atoms with E-state index in [0.717, 1.165) is 10.2 Å². The number of rotatable bonds is 3. The molecule has 1 aromatic heterocycles. The molecule has 1 saturated heterocycles. The summed E-state index contributed by atoms with van der Waals surface area (Å²) < 4.78 is 14.7. The van der Waals surface area contributed by atoms with Crippen molar-refractivity contribution in [2.24, 2.45) is 0 Å². The van der Waals surface area contributed by atoms with Crippen LogP contribution in [0.25, 0.3) is 0 Å². The third-order valence-corrected chi connectivity index (χ3v) is 6.72. The molecule has 1 aromatic carbocycles. The number of halogens is 2. The minimum atomic E-state index is -0.256. The molecule has 2 aromatic rings. The second kappa shape index (κ2) is 6.19. The smallest absolute Gasteiger partial charge is 0.147 e. The van der Waals surface area contributed by atoms with E-state index in [1.54, 1.807) is 12.3 Å². The summed E-state index contributed by atoms with van der Waals surface area (Å²) in [6.07, 6.45) is 8.80. The third-order valence-electron chi connectivity index (χ3n) is 3.45. The average Bonchev–Trinajstić information content (AvgIpc) is 2.96. The molecule has 0 spiro atoms. The van der Waals surface area contributed by atoms with Crippen LogP contribution < -0.4 is 10.6 Å². The molecule has 1 aliphatic heterocycles. The number of pyridine rings is 1. The lowest BCUT2D eigenvalue weighted by Gasteiger charge is -2.17. The van der Waals surface area contributed by atoms with Crippen LogP contribution >= 0.6 is 23.9 Å². The summed E-state index contributed by atoms with van der Waals surface area (Å²) in [5, 5.41) is 4.52. The van der Waals surface area contributed by atoms with E-state index < -0.39 is 0 Å². The average molecular weight is 353 g/mol. The fraction of sp³-hybridized carbons (Fsp3) is 0.267. The fourth-order valence-corrected chi connectivity index (χ4v) is 5.43. The van der Waals surface area contributed by atoms with Crippen molar-refractivity contribution in [2.45, 2.75) is 12.8 Å². The molecular formula is C15H15BrFN2P. The zero-order valence-electron chi connectivity index (χ0n) is 10.9. The second-order valence-corrected chi connectivity index (χ2v) is 8.21. The van der Waals surface area contributed by atoms with Crippen molar-refractivity contribution in [1.29, 1.82) is 0 Å². The van der Waals surface area contributed by atoms with E-state index in [2.05, 4.69) is 32.3 Å². The summed E-state index contributed by atoms with van der Waals surface area (Å²) in [6.45, 7) is 0. The van der Waals surface area contributed by atoms with E-state index in [1.165, 1.54) is 36.5 Å². The van der Waals surface area contributed by atoms with Gasteiger partial charge in [-0.2, -0.15) is 0 Å². The quantitative estimate of drug-likeness (QED) is 0.814. The highest BCUT2D eigenvalue weighted by atomic mass is 79.9. The van der Waals surface area contributed by atoms with Gasteiger partial charge in [0.1, 0.15) is 5.82 Å². The summed E-state index contributed by atoms with van der Waals surface area (Å²) in [5.74, 6) is -0.256. The lowest BCUT2D eigenvalue weighted by atomic mass is 10.3. The van der Waals surface area contributed by atoms with E-state index >= 15 is 0 Å². The van der Waals surface area contributed by atoms with Gasteiger partial charge >= 0.3 is 0 Å². The van der Waals surface area contributed by atoms with Gasteiger partial charge in [0, 0.05) is 16.0 Å². The van der Waals surface area contributed by atoms with Gasteiger partial charge in [-0.3, -0.25) is 4.98 Å². The number of nitrogens with zero attached hydrogens (tertiary/aromatic N) is 1. The molecule has 0 bridgehead atoms. The second-order valence-electron chi connectivity index (χ2n) is 4.84. The summed E-state index contributed by atoms with van der Waals surface area (Å²) in [5.41, 5.74) is 1.44. The highest BCUT2D eigenvalue weighted by Crippen LogP contribution is 2.44. The van der Waals surface area contributed by atoms with Crippen LogP contribution in [0.15, 0.2) is 41.1 Å². The van der Waals surface area contributed by atoms with Crippen LogP contribution in [0.4, 0.5) is 15.8 Å². The maximum Gasteiger partial charge on any atom is 0.147 e. The lowest BCUT2D eigenvalue weighted by Crippen LogP contribution is -2.10. The summed E-state index contributed by atoms with van der Waals surface area (Å²) in [4.78, 5) is 4.18. The first-order valence-electron chi connectivity index (χ1n) is 6.65. The normalized spacial score (nSPS) is 15.5. The van der Waals surface area contributed by atoms with Crippen LogP contribution in [0.2, 0.25) is 0 Å². The number of aromatic nitrogens is 1. The molecule has 3 rings (SSSR count). The Hall–Kier alpha value is -0.990. The Morgan fingerprint density at radius 3 is 2.70 bits per heavy atom. The molecular weight excluding hydrogens is 338 g/mol. The zero-order valence-corrected chi connectivity index (χ0v) is 13.4. The molecule has 0 unspecified atom stereocenters. The van der Waals surface area contributed by atoms with Gasteiger partial charge in [-0.25, -0.2) is 4.39 Å². The van der Waals surface area contributed by atoms with E-state index in [-0.39, 0.29) is 13.7 Å². The summed E-state index contributed by atoms with van der Waals surface area (Å²) >= 11 is 3.27. The highest BCUT2D eigenvalue weighted by Gasteiger charge is 2.19. The fourth-order valence-electron chi connectivity index (χ4n) is 2.45. The van der Waals surface area contributed by atoms with Crippen molar-refractivity contribution in [1.82, 2.24) is 4.98 Å². The van der Waals surface area contributed by atoms with Gasteiger partial charge in [-0.05, 0) is 49.4 Å². The number of hydrogen-bond donors (Lipinski definition) is 1. The summed E-state index contributed by atoms with van der Waals surface area (Å²) in [7, 11) is -0.107. The first-order chi connectivity index (χ1) is 9.74. The van der Waals surface area contributed by atoms with Crippen molar-refractivity contribution in [2.75, 3.05) is 17.6 Å². The Balaban J connectivity index is 1.90. The zero-order chi connectivity index (χ0) is 13.9. The van der Waals surface area contributed by atoms with Crippen LogP contribution in [0.3, 0.4) is 0 Å². The van der Waals surface area contributed by atoms with Crippen molar-refractivity contribution < 1.29 is 4.39 Å². The molecule has 0 aliphatic carbocycles. The Bertz CT molecular complexity index is 615. The van der Waals surface area contributed by atoms with Gasteiger partial charge in [0.2, 0.25) is 0 Å². The van der Waals surface area contributed by atoms with Gasteiger partial charge in [0.05, 0.1) is 17.6 Å². The minimum absolute atomic E-state index is 0.107. The van der Waals surface area contributed by atoms with Gasteiger partial charge in [-0.15, -0.1) is 0 Å². The molecule has 0 saturated carbocycles. The minimum Gasteiger partial charge on any atom is -0.351 e. The molecule has 0 amide bonds. The molecule has 20 heavy (non-hydrogen) atoms. The van der Waals surface area contributed by atoms with Gasteiger partial charge in [0.25, 0.3) is 0 Å². The van der Waals surface area contributed by atoms with Crippen molar-refractivity contribution in [3.63, 3.8) is 0 Å². The van der Waals surface area contributed by atoms with Crippen molar-refractivity contribution in [3.8, 4) is 0 Å². The summed E-state index contributed by atoms with van der Waals surface area (Å²) in [6, 6.07) is 7.13. The Kier molecular flexibility index (Phi) is 4.32. The number of nitrogens with one attached hydrogen (secondary N) is 1. The molecule has 2 nitrogen and oxygen atoms in total. The van der Waals surface area contributed by atoms with E-state index in [4.69, 9.17) is 0 Å². The molecule has 2 heterocycles. The first kappa shape index (κ1) is 14.0. The molecule has 5 heteroatoms. The maximum atomic E-state index is 13.9. The maximum absolute atomic E-state index is 13.9. The van der Waals surface area contributed by atoms with E-state index in [1.807, 2.05) is 12.3 Å².